The van der Waals surface area contributed by atoms with E-state index in [0.717, 1.165) is 11.1 Å². The fourth-order valence-electron chi connectivity index (χ4n) is 5.72. The number of esters is 1. The highest BCUT2D eigenvalue weighted by Crippen LogP contribution is 2.20. The quantitative estimate of drug-likeness (QED) is 0.134. The van der Waals surface area contributed by atoms with E-state index in [1.165, 1.54) is 12.2 Å². The van der Waals surface area contributed by atoms with Crippen LogP contribution in [0.3, 0.4) is 0 Å². The van der Waals surface area contributed by atoms with Crippen LogP contribution in [0.1, 0.15) is 85.0 Å². The molecule has 3 rings (SSSR count). The van der Waals surface area contributed by atoms with Crippen molar-refractivity contribution in [1.82, 2.24) is 21.3 Å². The Balaban J connectivity index is 1.76. The standard InChI is InChI=1S/C39H54N4O8/c1-25(2)22-32(42-37(47)34(27(4)51-39(5,6)7)43-38(48)49-24-28-14-10-8-11-15-28)36(46)41-31(23-30-20-21-40-35(30)45)18-19-33(44)50-26(3)29-16-12-9-13-17-29/h8-19,25-27,30-32,34H,20-24H2,1-7H3,(H,40,45)(H,41,46)(H,42,47)(H,43,48)/b19-18+/t26?,27?,30?,31-,32+,34+/m1/s1. The van der Waals surface area contributed by atoms with Crippen molar-refractivity contribution < 1.29 is 38.2 Å². The smallest absolute Gasteiger partial charge is 0.408 e. The molecule has 2 aromatic rings. The summed E-state index contributed by atoms with van der Waals surface area (Å²) in [6, 6.07) is 15.5. The van der Waals surface area contributed by atoms with Crippen LogP contribution in [0.2, 0.25) is 0 Å². The Hall–Kier alpha value is -4.71. The van der Waals surface area contributed by atoms with Gasteiger partial charge in [-0.3, -0.25) is 14.4 Å². The number of alkyl carbamates (subject to hydrolysis) is 1. The zero-order valence-electron chi connectivity index (χ0n) is 30.8. The summed E-state index contributed by atoms with van der Waals surface area (Å²) in [6.07, 6.45) is 1.76. The fraction of sp³-hybridized carbons (Fsp3) is 0.513. The van der Waals surface area contributed by atoms with Crippen molar-refractivity contribution in [2.45, 2.75) is 110 Å². The first-order valence-corrected chi connectivity index (χ1v) is 17.6. The third kappa shape index (κ3) is 14.6. The second-order valence-corrected chi connectivity index (χ2v) is 14.3. The number of carbonyl (C=O) groups is 5. The molecule has 1 fully saturated rings. The van der Waals surface area contributed by atoms with E-state index >= 15 is 0 Å². The Bertz CT molecular complexity index is 1480. The lowest BCUT2D eigenvalue weighted by molar-refractivity contribution is -0.142. The van der Waals surface area contributed by atoms with Crippen molar-refractivity contribution in [3.05, 3.63) is 83.9 Å². The van der Waals surface area contributed by atoms with Gasteiger partial charge in [0.2, 0.25) is 17.7 Å². The Morgan fingerprint density at radius 1 is 0.902 bits per heavy atom. The topological polar surface area (TPSA) is 161 Å². The van der Waals surface area contributed by atoms with Crippen LogP contribution >= 0.6 is 0 Å². The van der Waals surface area contributed by atoms with Gasteiger partial charge in [0.1, 0.15) is 24.8 Å². The molecule has 1 heterocycles. The molecule has 3 unspecified atom stereocenters. The van der Waals surface area contributed by atoms with Crippen molar-refractivity contribution in [1.29, 1.82) is 0 Å². The fourth-order valence-corrected chi connectivity index (χ4v) is 5.72. The molecular formula is C39H54N4O8. The van der Waals surface area contributed by atoms with E-state index in [1.807, 2.05) is 95.3 Å². The Labute approximate surface area is 301 Å². The van der Waals surface area contributed by atoms with Crippen molar-refractivity contribution in [2.24, 2.45) is 11.8 Å². The maximum absolute atomic E-state index is 13.9. The highest BCUT2D eigenvalue weighted by atomic mass is 16.6. The third-order valence-corrected chi connectivity index (χ3v) is 8.17. The molecule has 12 nitrogen and oxygen atoms in total. The van der Waals surface area contributed by atoms with Crippen LogP contribution in [-0.4, -0.2) is 66.2 Å². The number of rotatable bonds is 17. The highest BCUT2D eigenvalue weighted by molar-refractivity contribution is 5.92. The minimum Gasteiger partial charge on any atom is -0.455 e. The molecule has 1 saturated heterocycles. The summed E-state index contributed by atoms with van der Waals surface area (Å²) in [5.74, 6) is -2.25. The van der Waals surface area contributed by atoms with E-state index < -0.39 is 59.8 Å². The molecule has 0 radical (unpaired) electrons. The maximum Gasteiger partial charge on any atom is 0.408 e. The van der Waals surface area contributed by atoms with Crippen LogP contribution in [0.15, 0.2) is 72.8 Å². The number of carbonyl (C=O) groups excluding carboxylic acids is 5. The van der Waals surface area contributed by atoms with Gasteiger partial charge in [-0.15, -0.1) is 0 Å². The number of hydrogen-bond acceptors (Lipinski definition) is 8. The van der Waals surface area contributed by atoms with E-state index in [2.05, 4.69) is 21.3 Å². The molecule has 0 saturated carbocycles. The van der Waals surface area contributed by atoms with E-state index in [0.29, 0.717) is 13.0 Å². The molecule has 1 aliphatic heterocycles. The first-order valence-electron chi connectivity index (χ1n) is 17.6. The molecule has 0 aromatic heterocycles. The summed E-state index contributed by atoms with van der Waals surface area (Å²) in [4.78, 5) is 65.8. The predicted octanol–water partition coefficient (Wildman–Crippen LogP) is 4.89. The van der Waals surface area contributed by atoms with Gasteiger partial charge in [-0.2, -0.15) is 0 Å². The summed E-state index contributed by atoms with van der Waals surface area (Å²) in [7, 11) is 0. The van der Waals surface area contributed by atoms with Crippen molar-refractivity contribution >= 4 is 29.8 Å². The van der Waals surface area contributed by atoms with E-state index in [1.54, 1.807) is 13.8 Å². The monoisotopic (exact) mass is 706 g/mol. The Morgan fingerprint density at radius 3 is 2.14 bits per heavy atom. The van der Waals surface area contributed by atoms with Gasteiger partial charge in [-0.05, 0) is 70.9 Å². The highest BCUT2D eigenvalue weighted by Gasteiger charge is 2.35. The van der Waals surface area contributed by atoms with Crippen LogP contribution in [0.4, 0.5) is 4.79 Å². The predicted molar refractivity (Wildman–Crippen MR) is 193 cm³/mol. The number of ether oxygens (including phenoxy) is 3. The van der Waals surface area contributed by atoms with Crippen LogP contribution in [-0.2, 0) is 40.0 Å². The first-order chi connectivity index (χ1) is 24.1. The molecule has 4 N–H and O–H groups in total. The summed E-state index contributed by atoms with van der Waals surface area (Å²) >= 11 is 0. The second kappa shape index (κ2) is 19.6. The lowest BCUT2D eigenvalue weighted by atomic mass is 9.96. The van der Waals surface area contributed by atoms with E-state index in [-0.39, 0.29) is 37.2 Å². The van der Waals surface area contributed by atoms with Gasteiger partial charge in [0.15, 0.2) is 0 Å². The largest absolute Gasteiger partial charge is 0.455 e. The van der Waals surface area contributed by atoms with Gasteiger partial charge in [0, 0.05) is 24.6 Å². The average molecular weight is 707 g/mol. The molecule has 51 heavy (non-hydrogen) atoms. The van der Waals surface area contributed by atoms with Crippen LogP contribution < -0.4 is 21.3 Å². The SMILES string of the molecule is CC(C)C[C@H](NC(=O)[C@@H](NC(=O)OCc1ccccc1)C(C)OC(C)(C)C)C(=O)N[C@H](/C=C/C(=O)OC(C)c1ccccc1)CC1CCNC1=O. The molecular weight excluding hydrogens is 652 g/mol. The van der Waals surface area contributed by atoms with Crippen molar-refractivity contribution in [3.63, 3.8) is 0 Å². The lowest BCUT2D eigenvalue weighted by Crippen LogP contribution is -2.59. The number of amides is 4. The molecule has 2 aromatic carbocycles. The summed E-state index contributed by atoms with van der Waals surface area (Å²) in [5.41, 5.74) is 0.964. The molecule has 1 aliphatic rings. The van der Waals surface area contributed by atoms with Crippen molar-refractivity contribution in [2.75, 3.05) is 6.54 Å². The second-order valence-electron chi connectivity index (χ2n) is 14.3. The normalized spacial score (nSPS) is 17.5. The number of hydrogen-bond donors (Lipinski definition) is 4. The first kappa shape index (κ1) is 40.7. The van der Waals surface area contributed by atoms with Gasteiger partial charge in [0.25, 0.3) is 0 Å². The van der Waals surface area contributed by atoms with Gasteiger partial charge < -0.3 is 35.5 Å². The molecule has 0 spiro atoms. The zero-order chi connectivity index (χ0) is 37.6. The van der Waals surface area contributed by atoms with Gasteiger partial charge in [-0.1, -0.05) is 80.6 Å². The molecule has 278 valence electrons. The summed E-state index contributed by atoms with van der Waals surface area (Å²) < 4.78 is 17.0. The maximum atomic E-state index is 13.9. The van der Waals surface area contributed by atoms with Crippen LogP contribution in [0, 0.1) is 11.8 Å². The van der Waals surface area contributed by atoms with E-state index in [9.17, 15) is 24.0 Å². The van der Waals surface area contributed by atoms with Gasteiger partial charge in [-0.25, -0.2) is 9.59 Å². The van der Waals surface area contributed by atoms with Gasteiger partial charge in [0.05, 0.1) is 11.7 Å². The zero-order valence-corrected chi connectivity index (χ0v) is 30.8. The third-order valence-electron chi connectivity index (χ3n) is 8.17. The lowest BCUT2D eigenvalue weighted by Gasteiger charge is -2.32. The van der Waals surface area contributed by atoms with Crippen molar-refractivity contribution in [3.8, 4) is 0 Å². The minimum atomic E-state index is -1.20. The molecule has 6 atom stereocenters. The Kier molecular flexibility index (Phi) is 15.7. The molecule has 4 amide bonds. The van der Waals surface area contributed by atoms with Gasteiger partial charge >= 0.3 is 12.1 Å². The molecule has 12 heteroatoms. The summed E-state index contributed by atoms with van der Waals surface area (Å²) in [5, 5.41) is 11.2. The number of benzene rings is 2. The summed E-state index contributed by atoms with van der Waals surface area (Å²) in [6.45, 7) is 13.3. The Morgan fingerprint density at radius 2 is 1.55 bits per heavy atom. The molecule has 0 bridgehead atoms. The van der Waals surface area contributed by atoms with E-state index in [4.69, 9.17) is 14.2 Å². The number of nitrogens with one attached hydrogen (secondary N) is 4. The van der Waals surface area contributed by atoms with Crippen LogP contribution in [0.25, 0.3) is 0 Å². The average Bonchev–Trinajstić information content (AvgIpc) is 3.48. The minimum absolute atomic E-state index is 0.000531. The molecule has 0 aliphatic carbocycles. The van der Waals surface area contributed by atoms with Crippen LogP contribution in [0.5, 0.6) is 0 Å².